The topological polar surface area (TPSA) is 84.4 Å². The predicted molar refractivity (Wildman–Crippen MR) is 101 cm³/mol. The van der Waals surface area contributed by atoms with Crippen molar-refractivity contribution in [2.24, 2.45) is 0 Å². The van der Waals surface area contributed by atoms with Crippen LogP contribution >= 0.6 is 23.2 Å². The summed E-state index contributed by atoms with van der Waals surface area (Å²) in [5.74, 6) is 0.0496. The minimum Gasteiger partial charge on any atom is -0.436 e. The molecule has 27 heavy (non-hydrogen) atoms. The van der Waals surface area contributed by atoms with Gasteiger partial charge in [-0.1, -0.05) is 42.6 Å². The fourth-order valence-corrected chi connectivity index (χ4v) is 3.16. The third-order valence-electron chi connectivity index (χ3n) is 4.14. The van der Waals surface area contributed by atoms with E-state index in [1.807, 2.05) is 6.92 Å². The van der Waals surface area contributed by atoms with Gasteiger partial charge in [0.25, 0.3) is 5.91 Å². The molecule has 9 heteroatoms. The van der Waals surface area contributed by atoms with Crippen molar-refractivity contribution < 1.29 is 14.3 Å². The number of carbonyl (C=O) groups excluding carboxylic acids is 2. The first-order chi connectivity index (χ1) is 13.0. The summed E-state index contributed by atoms with van der Waals surface area (Å²) < 4.78 is 5.57. The van der Waals surface area contributed by atoms with Crippen LogP contribution in [-0.2, 0) is 4.79 Å². The zero-order valence-corrected chi connectivity index (χ0v) is 16.1. The number of ether oxygens (including phenoxy) is 1. The highest BCUT2D eigenvalue weighted by molar-refractivity contribution is 6.42. The van der Waals surface area contributed by atoms with Crippen molar-refractivity contribution >= 4 is 35.0 Å². The Morgan fingerprint density at radius 3 is 2.81 bits per heavy atom. The van der Waals surface area contributed by atoms with Crippen LogP contribution in [0.2, 0.25) is 10.0 Å². The first-order valence-electron chi connectivity index (χ1n) is 8.55. The van der Waals surface area contributed by atoms with Gasteiger partial charge in [-0.2, -0.15) is 0 Å². The zero-order valence-electron chi connectivity index (χ0n) is 14.6. The van der Waals surface area contributed by atoms with E-state index in [0.717, 1.165) is 6.42 Å². The van der Waals surface area contributed by atoms with E-state index in [0.29, 0.717) is 30.3 Å². The van der Waals surface area contributed by atoms with Crippen molar-refractivity contribution in [3.63, 3.8) is 0 Å². The quantitative estimate of drug-likeness (QED) is 0.819. The van der Waals surface area contributed by atoms with Crippen molar-refractivity contribution in [3.05, 3.63) is 46.1 Å². The monoisotopic (exact) mass is 408 g/mol. The third kappa shape index (κ3) is 4.31. The Balaban J connectivity index is 1.75. The lowest BCUT2D eigenvalue weighted by Gasteiger charge is -2.34. The molecule has 1 atom stereocenters. The van der Waals surface area contributed by atoms with Crippen LogP contribution in [0.1, 0.15) is 30.3 Å². The van der Waals surface area contributed by atoms with Crippen molar-refractivity contribution in [2.45, 2.75) is 25.8 Å². The molecule has 0 aliphatic carbocycles. The van der Waals surface area contributed by atoms with Crippen LogP contribution in [0.15, 0.2) is 30.3 Å². The molecule has 1 fully saturated rings. The second-order valence-corrected chi connectivity index (χ2v) is 6.79. The van der Waals surface area contributed by atoms with E-state index in [1.54, 1.807) is 23.1 Å². The molecule has 0 spiro atoms. The number of aromatic nitrogens is 2. The summed E-state index contributed by atoms with van der Waals surface area (Å²) in [6.07, 6.45) is 1.39. The highest BCUT2D eigenvalue weighted by atomic mass is 35.5. The summed E-state index contributed by atoms with van der Waals surface area (Å²) in [5.41, 5.74) is 0.148. The Kier molecular flexibility index (Phi) is 6.13. The lowest BCUT2D eigenvalue weighted by molar-refractivity contribution is -0.128. The zero-order chi connectivity index (χ0) is 19.4. The van der Waals surface area contributed by atoms with Crippen LogP contribution in [0, 0.1) is 0 Å². The molecule has 7 nitrogen and oxygen atoms in total. The van der Waals surface area contributed by atoms with E-state index in [-0.39, 0.29) is 28.4 Å². The van der Waals surface area contributed by atoms with Crippen LogP contribution in [-0.4, -0.2) is 46.0 Å². The van der Waals surface area contributed by atoms with E-state index in [9.17, 15) is 9.59 Å². The molecule has 1 N–H and O–H groups in total. The van der Waals surface area contributed by atoms with Crippen molar-refractivity contribution in [1.29, 1.82) is 0 Å². The summed E-state index contributed by atoms with van der Waals surface area (Å²) in [6, 6.07) is 7.54. The van der Waals surface area contributed by atoms with E-state index in [4.69, 9.17) is 27.9 Å². The highest BCUT2D eigenvalue weighted by Crippen LogP contribution is 2.33. The van der Waals surface area contributed by atoms with Gasteiger partial charge >= 0.3 is 0 Å². The second-order valence-electron chi connectivity index (χ2n) is 6.00. The summed E-state index contributed by atoms with van der Waals surface area (Å²) in [5, 5.41) is 11.3. The molecule has 0 bridgehead atoms. The number of nitrogens with zero attached hydrogens (tertiary/aromatic N) is 3. The Morgan fingerprint density at radius 1 is 1.30 bits per heavy atom. The van der Waals surface area contributed by atoms with Crippen molar-refractivity contribution in [1.82, 2.24) is 20.4 Å². The molecule has 2 heterocycles. The van der Waals surface area contributed by atoms with Crippen LogP contribution in [0.4, 0.5) is 0 Å². The molecule has 2 amide bonds. The van der Waals surface area contributed by atoms with Crippen LogP contribution in [0.5, 0.6) is 11.6 Å². The second kappa shape index (κ2) is 8.54. The number of benzene rings is 1. The highest BCUT2D eigenvalue weighted by Gasteiger charge is 2.33. The van der Waals surface area contributed by atoms with Crippen molar-refractivity contribution in [2.75, 3.05) is 13.1 Å². The number of amides is 2. The normalized spacial score (nSPS) is 16.8. The number of hydrogen-bond donors (Lipinski definition) is 1. The summed E-state index contributed by atoms with van der Waals surface area (Å²) in [7, 11) is 0. The molecular weight excluding hydrogens is 391 g/mol. The average molecular weight is 409 g/mol. The van der Waals surface area contributed by atoms with Crippen LogP contribution in [0.3, 0.4) is 0 Å². The third-order valence-corrected chi connectivity index (χ3v) is 4.95. The maximum atomic E-state index is 12.8. The molecule has 1 aromatic carbocycles. The fourth-order valence-electron chi connectivity index (χ4n) is 2.83. The standard InChI is InChI=1S/C18H18Cl2N4O3/c1-2-4-13-17(25)21-9-10-24(13)18(26)12-7-8-15(23-22-12)27-14-6-3-5-11(19)16(14)20/h3,5-8,13H,2,4,9-10H2,1H3,(H,21,25). The molecule has 1 unspecified atom stereocenters. The van der Waals surface area contributed by atoms with Gasteiger partial charge < -0.3 is 15.0 Å². The van der Waals surface area contributed by atoms with Crippen LogP contribution < -0.4 is 10.1 Å². The largest absolute Gasteiger partial charge is 0.436 e. The van der Waals surface area contributed by atoms with Gasteiger partial charge in [0, 0.05) is 19.2 Å². The lowest BCUT2D eigenvalue weighted by atomic mass is 10.1. The summed E-state index contributed by atoms with van der Waals surface area (Å²) in [6.45, 7) is 2.83. The molecule has 1 aliphatic rings. The molecule has 0 radical (unpaired) electrons. The maximum absolute atomic E-state index is 12.8. The molecule has 1 saturated heterocycles. The average Bonchev–Trinajstić information content (AvgIpc) is 2.67. The maximum Gasteiger partial charge on any atom is 0.275 e. The van der Waals surface area contributed by atoms with E-state index < -0.39 is 6.04 Å². The molecular formula is C18H18Cl2N4O3. The number of hydrogen-bond acceptors (Lipinski definition) is 5. The summed E-state index contributed by atoms with van der Waals surface area (Å²) in [4.78, 5) is 26.4. The van der Waals surface area contributed by atoms with Gasteiger partial charge in [-0.15, -0.1) is 10.2 Å². The van der Waals surface area contributed by atoms with Gasteiger partial charge in [-0.3, -0.25) is 9.59 Å². The number of rotatable bonds is 5. The van der Waals surface area contributed by atoms with Gasteiger partial charge in [-0.25, -0.2) is 0 Å². The van der Waals surface area contributed by atoms with Gasteiger partial charge in [0.1, 0.15) is 16.8 Å². The smallest absolute Gasteiger partial charge is 0.275 e. The molecule has 1 aromatic heterocycles. The SMILES string of the molecule is CCCC1C(=O)NCCN1C(=O)c1ccc(Oc2cccc(Cl)c2Cl)nn1. The van der Waals surface area contributed by atoms with Gasteiger partial charge in [-0.05, 0) is 24.6 Å². The number of piperazine rings is 1. The van der Waals surface area contributed by atoms with E-state index >= 15 is 0 Å². The fraction of sp³-hybridized carbons (Fsp3) is 0.333. The van der Waals surface area contributed by atoms with Crippen LogP contribution in [0.25, 0.3) is 0 Å². The molecule has 2 aromatic rings. The van der Waals surface area contributed by atoms with Gasteiger partial charge in [0.05, 0.1) is 5.02 Å². The first kappa shape index (κ1) is 19.4. The number of nitrogens with one attached hydrogen (secondary N) is 1. The van der Waals surface area contributed by atoms with E-state index in [2.05, 4.69) is 15.5 Å². The predicted octanol–water partition coefficient (Wildman–Crippen LogP) is 3.32. The Bertz CT molecular complexity index is 845. The number of carbonyl (C=O) groups is 2. The Labute approximate surface area is 166 Å². The first-order valence-corrected chi connectivity index (χ1v) is 9.31. The van der Waals surface area contributed by atoms with Gasteiger partial charge in [0.15, 0.2) is 5.69 Å². The van der Waals surface area contributed by atoms with Crippen molar-refractivity contribution in [3.8, 4) is 11.6 Å². The Hall–Kier alpha value is -2.38. The minimum atomic E-state index is -0.487. The molecule has 3 rings (SSSR count). The van der Waals surface area contributed by atoms with E-state index in [1.165, 1.54) is 12.1 Å². The molecule has 1 aliphatic heterocycles. The molecule has 0 saturated carbocycles. The molecule has 142 valence electrons. The minimum absolute atomic E-state index is 0.139. The lowest BCUT2D eigenvalue weighted by Crippen LogP contribution is -2.57. The summed E-state index contributed by atoms with van der Waals surface area (Å²) >= 11 is 12.0. The Morgan fingerprint density at radius 2 is 2.11 bits per heavy atom. The van der Waals surface area contributed by atoms with Gasteiger partial charge in [0.2, 0.25) is 11.8 Å². The number of halogens is 2.